The molecule has 1 heterocycles. The van der Waals surface area contributed by atoms with Crippen LogP contribution in [0.5, 0.6) is 0 Å². The number of hydrogen-bond acceptors (Lipinski definition) is 4. The van der Waals surface area contributed by atoms with Gasteiger partial charge >= 0.3 is 0 Å². The van der Waals surface area contributed by atoms with E-state index in [1.807, 2.05) is 20.8 Å². The van der Waals surface area contributed by atoms with Crippen LogP contribution in [0.4, 0.5) is 0 Å². The molecule has 1 aliphatic rings. The molecule has 0 bridgehead atoms. The summed E-state index contributed by atoms with van der Waals surface area (Å²) in [6, 6.07) is 0.531. The molecule has 0 aromatic rings. The van der Waals surface area contributed by atoms with E-state index in [2.05, 4.69) is 24.1 Å². The van der Waals surface area contributed by atoms with Crippen molar-refractivity contribution in [2.45, 2.75) is 64.8 Å². The topological polar surface area (TPSA) is 67.6 Å². The highest BCUT2D eigenvalue weighted by atomic mass is 16.5. The zero-order valence-electron chi connectivity index (χ0n) is 12.9. The van der Waals surface area contributed by atoms with Gasteiger partial charge in [0.2, 0.25) is 5.91 Å². The Bertz CT molecular complexity index is 309. The summed E-state index contributed by atoms with van der Waals surface area (Å²) in [5, 5.41) is 3.30. The molecule has 1 saturated heterocycles. The minimum Gasteiger partial charge on any atom is -0.376 e. The summed E-state index contributed by atoms with van der Waals surface area (Å²) in [5.41, 5.74) is 4.92. The first-order chi connectivity index (χ1) is 8.74. The van der Waals surface area contributed by atoms with E-state index in [0.717, 1.165) is 19.7 Å². The second-order valence-electron chi connectivity index (χ2n) is 6.22. The Hall–Kier alpha value is -0.650. The Balaban J connectivity index is 2.65. The van der Waals surface area contributed by atoms with Gasteiger partial charge in [0.25, 0.3) is 0 Å². The summed E-state index contributed by atoms with van der Waals surface area (Å²) < 4.78 is 5.55. The first-order valence-corrected chi connectivity index (χ1v) is 7.18. The van der Waals surface area contributed by atoms with E-state index < -0.39 is 5.54 Å². The average Bonchev–Trinajstić information content (AvgIpc) is 2.27. The van der Waals surface area contributed by atoms with Gasteiger partial charge in [0.1, 0.15) is 0 Å². The predicted molar refractivity (Wildman–Crippen MR) is 76.9 cm³/mol. The standard InChI is InChI=1S/C14H29N3O2/c1-10(2)16-14(5,13(15)18)8-11(3)17-6-7-19-12(4)9-17/h10-12,16H,6-9H2,1-5H3,(H2,15,18). The third-order valence-corrected chi connectivity index (χ3v) is 3.75. The molecule has 112 valence electrons. The maximum Gasteiger partial charge on any atom is 0.237 e. The summed E-state index contributed by atoms with van der Waals surface area (Å²) in [7, 11) is 0. The van der Waals surface area contributed by atoms with Gasteiger partial charge in [-0.25, -0.2) is 0 Å². The number of rotatable bonds is 6. The molecule has 0 aliphatic carbocycles. The number of carbonyl (C=O) groups is 1. The highest BCUT2D eigenvalue weighted by Crippen LogP contribution is 2.19. The van der Waals surface area contributed by atoms with E-state index in [0.29, 0.717) is 12.5 Å². The van der Waals surface area contributed by atoms with E-state index in [9.17, 15) is 4.79 Å². The van der Waals surface area contributed by atoms with Crippen molar-refractivity contribution in [1.29, 1.82) is 0 Å². The van der Waals surface area contributed by atoms with Gasteiger partial charge in [-0.1, -0.05) is 0 Å². The molecule has 1 rings (SSSR count). The van der Waals surface area contributed by atoms with E-state index in [1.165, 1.54) is 0 Å². The zero-order valence-corrected chi connectivity index (χ0v) is 12.9. The number of carbonyl (C=O) groups excluding carboxylic acids is 1. The molecule has 3 unspecified atom stereocenters. The Morgan fingerprint density at radius 2 is 2.16 bits per heavy atom. The summed E-state index contributed by atoms with van der Waals surface area (Å²) in [6.45, 7) is 12.8. The van der Waals surface area contributed by atoms with Gasteiger partial charge in [0.15, 0.2) is 0 Å². The van der Waals surface area contributed by atoms with Gasteiger partial charge < -0.3 is 15.8 Å². The summed E-state index contributed by atoms with van der Waals surface area (Å²) in [6.07, 6.45) is 0.974. The quantitative estimate of drug-likeness (QED) is 0.747. The van der Waals surface area contributed by atoms with E-state index in [-0.39, 0.29) is 18.1 Å². The minimum absolute atomic E-state index is 0.230. The van der Waals surface area contributed by atoms with Crippen LogP contribution in [0.15, 0.2) is 0 Å². The molecule has 3 N–H and O–H groups in total. The van der Waals surface area contributed by atoms with Crippen molar-refractivity contribution in [3.63, 3.8) is 0 Å². The second-order valence-corrected chi connectivity index (χ2v) is 6.22. The molecule has 0 radical (unpaired) electrons. The number of nitrogens with zero attached hydrogens (tertiary/aromatic N) is 1. The molecule has 3 atom stereocenters. The SMILES string of the molecule is CC(C)NC(C)(CC(C)N1CCOC(C)C1)C(N)=O. The fraction of sp³-hybridized carbons (Fsp3) is 0.929. The van der Waals surface area contributed by atoms with Crippen LogP contribution >= 0.6 is 0 Å². The number of nitrogens with one attached hydrogen (secondary N) is 1. The van der Waals surface area contributed by atoms with Crippen LogP contribution in [0.1, 0.15) is 41.0 Å². The first-order valence-electron chi connectivity index (χ1n) is 7.18. The summed E-state index contributed by atoms with van der Waals surface area (Å²) in [5.74, 6) is -0.283. The number of hydrogen-bond donors (Lipinski definition) is 2. The normalized spacial score (nSPS) is 26.1. The van der Waals surface area contributed by atoms with E-state index >= 15 is 0 Å². The molecular weight excluding hydrogens is 242 g/mol. The smallest absolute Gasteiger partial charge is 0.237 e. The van der Waals surface area contributed by atoms with Crippen molar-refractivity contribution in [1.82, 2.24) is 10.2 Å². The lowest BCUT2D eigenvalue weighted by atomic mass is 9.91. The Morgan fingerprint density at radius 1 is 1.53 bits per heavy atom. The van der Waals surface area contributed by atoms with Crippen LogP contribution in [0.3, 0.4) is 0 Å². The molecule has 0 spiro atoms. The predicted octanol–water partition coefficient (Wildman–Crippen LogP) is 0.728. The van der Waals surface area contributed by atoms with Crippen LogP contribution in [0.25, 0.3) is 0 Å². The number of morpholine rings is 1. The monoisotopic (exact) mass is 271 g/mol. The highest BCUT2D eigenvalue weighted by molar-refractivity contribution is 5.84. The Labute approximate surface area is 116 Å². The van der Waals surface area contributed by atoms with Crippen molar-refractivity contribution >= 4 is 5.91 Å². The molecule has 0 aromatic heterocycles. The van der Waals surface area contributed by atoms with E-state index in [4.69, 9.17) is 10.5 Å². The van der Waals surface area contributed by atoms with Crippen LogP contribution in [-0.2, 0) is 9.53 Å². The van der Waals surface area contributed by atoms with Crippen LogP contribution in [0.2, 0.25) is 0 Å². The fourth-order valence-corrected chi connectivity index (χ4v) is 2.83. The molecule has 1 fully saturated rings. The fourth-order valence-electron chi connectivity index (χ4n) is 2.83. The Morgan fingerprint density at radius 3 is 2.63 bits per heavy atom. The summed E-state index contributed by atoms with van der Waals surface area (Å²) >= 11 is 0. The van der Waals surface area contributed by atoms with Crippen molar-refractivity contribution in [2.75, 3.05) is 19.7 Å². The Kier molecular flexibility index (Phi) is 5.77. The molecule has 0 saturated carbocycles. The largest absolute Gasteiger partial charge is 0.376 e. The maximum absolute atomic E-state index is 11.8. The van der Waals surface area contributed by atoms with Crippen molar-refractivity contribution in [3.05, 3.63) is 0 Å². The maximum atomic E-state index is 11.8. The first kappa shape index (κ1) is 16.4. The lowest BCUT2D eigenvalue weighted by Gasteiger charge is -2.40. The van der Waals surface area contributed by atoms with Crippen molar-refractivity contribution in [3.8, 4) is 0 Å². The summed E-state index contributed by atoms with van der Waals surface area (Å²) in [4.78, 5) is 14.1. The number of primary amides is 1. The van der Waals surface area contributed by atoms with Crippen LogP contribution in [-0.4, -0.2) is 54.2 Å². The molecule has 19 heavy (non-hydrogen) atoms. The van der Waals surface area contributed by atoms with Gasteiger partial charge in [0, 0.05) is 25.2 Å². The van der Waals surface area contributed by atoms with Gasteiger partial charge in [0.05, 0.1) is 18.2 Å². The lowest BCUT2D eigenvalue weighted by molar-refractivity contribution is -0.125. The van der Waals surface area contributed by atoms with E-state index in [1.54, 1.807) is 0 Å². The number of amides is 1. The highest BCUT2D eigenvalue weighted by Gasteiger charge is 2.35. The molecule has 1 aliphatic heterocycles. The van der Waals surface area contributed by atoms with Crippen molar-refractivity contribution < 1.29 is 9.53 Å². The second kappa shape index (κ2) is 6.68. The van der Waals surface area contributed by atoms with Crippen LogP contribution in [0, 0.1) is 0 Å². The average molecular weight is 271 g/mol. The molecule has 5 heteroatoms. The van der Waals surface area contributed by atoms with Gasteiger partial charge in [-0.3, -0.25) is 9.69 Å². The molecule has 1 amide bonds. The molecular formula is C14H29N3O2. The lowest BCUT2D eigenvalue weighted by Crippen LogP contribution is -2.59. The van der Waals surface area contributed by atoms with Gasteiger partial charge in [-0.15, -0.1) is 0 Å². The molecule has 0 aromatic carbocycles. The molecule has 5 nitrogen and oxygen atoms in total. The minimum atomic E-state index is -0.658. The third-order valence-electron chi connectivity index (χ3n) is 3.75. The van der Waals surface area contributed by atoms with Crippen molar-refractivity contribution in [2.24, 2.45) is 5.73 Å². The zero-order chi connectivity index (χ0) is 14.6. The number of nitrogens with two attached hydrogens (primary N) is 1. The van der Waals surface area contributed by atoms with Gasteiger partial charge in [-0.05, 0) is 41.0 Å². The third kappa shape index (κ3) is 4.75. The van der Waals surface area contributed by atoms with Crippen LogP contribution < -0.4 is 11.1 Å². The van der Waals surface area contributed by atoms with Gasteiger partial charge in [-0.2, -0.15) is 0 Å². The number of ether oxygens (including phenoxy) is 1.